The third-order valence-corrected chi connectivity index (χ3v) is 3.47. The summed E-state index contributed by atoms with van der Waals surface area (Å²) in [5, 5.41) is 0. The van der Waals surface area contributed by atoms with Gasteiger partial charge in [-0.3, -0.25) is 0 Å². The molecule has 0 aliphatic rings. The smallest absolute Gasteiger partial charge is 0.137 e. The van der Waals surface area contributed by atoms with Gasteiger partial charge in [0, 0.05) is 0 Å². The number of hydrogen-bond donors (Lipinski definition) is 1. The first-order valence-corrected chi connectivity index (χ1v) is 6.15. The Morgan fingerprint density at radius 1 is 1.18 bits per heavy atom. The van der Waals surface area contributed by atoms with Gasteiger partial charge in [-0.05, 0) is 51.7 Å². The van der Waals surface area contributed by atoms with Crippen molar-refractivity contribution in [2.24, 2.45) is 5.73 Å². The molecule has 0 amide bonds. The molecule has 0 aliphatic heterocycles. The molecule has 0 bridgehead atoms. The summed E-state index contributed by atoms with van der Waals surface area (Å²) in [4.78, 5) is 0. The lowest BCUT2D eigenvalue weighted by Crippen LogP contribution is -2.13. The molecular weight excluding hydrogens is 281 g/mol. The summed E-state index contributed by atoms with van der Waals surface area (Å²) in [6.45, 7) is 2.00. The van der Waals surface area contributed by atoms with Gasteiger partial charge in [-0.1, -0.05) is 30.3 Å². The lowest BCUT2D eigenvalue weighted by atomic mass is 9.96. The van der Waals surface area contributed by atoms with Gasteiger partial charge in [-0.15, -0.1) is 0 Å². The number of nitrogens with two attached hydrogens (primary N) is 1. The van der Waals surface area contributed by atoms with E-state index in [0.717, 1.165) is 16.7 Å². The lowest BCUT2D eigenvalue weighted by Gasteiger charge is -2.15. The molecule has 2 aromatic carbocycles. The van der Waals surface area contributed by atoms with Crippen LogP contribution < -0.4 is 5.73 Å². The fourth-order valence-electron chi connectivity index (χ4n) is 1.82. The van der Waals surface area contributed by atoms with E-state index >= 15 is 0 Å². The van der Waals surface area contributed by atoms with E-state index in [0.29, 0.717) is 4.47 Å². The Labute approximate surface area is 109 Å². The molecule has 0 aliphatic carbocycles. The molecule has 0 fully saturated rings. The Morgan fingerprint density at radius 3 is 2.53 bits per heavy atom. The van der Waals surface area contributed by atoms with Gasteiger partial charge in [0.05, 0.1) is 10.5 Å². The van der Waals surface area contributed by atoms with E-state index in [1.807, 2.05) is 37.3 Å². The van der Waals surface area contributed by atoms with Crippen molar-refractivity contribution in [1.29, 1.82) is 0 Å². The maximum Gasteiger partial charge on any atom is 0.137 e. The van der Waals surface area contributed by atoms with Crippen LogP contribution in [0.15, 0.2) is 46.9 Å². The van der Waals surface area contributed by atoms with E-state index in [2.05, 4.69) is 15.9 Å². The Bertz CT molecular complexity index is 539. The monoisotopic (exact) mass is 293 g/mol. The van der Waals surface area contributed by atoms with Crippen molar-refractivity contribution in [1.82, 2.24) is 0 Å². The molecule has 0 aromatic heterocycles. The predicted molar refractivity (Wildman–Crippen MR) is 71.3 cm³/mol. The Balaban J connectivity index is 2.40. The van der Waals surface area contributed by atoms with E-state index < -0.39 is 0 Å². The Kier molecular flexibility index (Phi) is 3.60. The highest BCUT2D eigenvalue weighted by atomic mass is 79.9. The maximum absolute atomic E-state index is 13.5. The molecular formula is C14H13BrFN. The fourth-order valence-corrected chi connectivity index (χ4v) is 2.07. The van der Waals surface area contributed by atoms with Crippen molar-refractivity contribution in [3.63, 3.8) is 0 Å². The molecule has 2 N–H and O–H groups in total. The molecule has 1 atom stereocenters. The standard InChI is InChI=1S/C14H13BrFN/c1-9-4-2-3-5-11(9)14(17)10-6-7-12(15)13(16)8-10/h2-8,14H,17H2,1H3. The summed E-state index contributed by atoms with van der Waals surface area (Å²) in [7, 11) is 0. The lowest BCUT2D eigenvalue weighted by molar-refractivity contribution is 0.617. The number of benzene rings is 2. The zero-order valence-electron chi connectivity index (χ0n) is 9.45. The van der Waals surface area contributed by atoms with Crippen molar-refractivity contribution in [2.75, 3.05) is 0 Å². The molecule has 2 aromatic rings. The van der Waals surface area contributed by atoms with E-state index in [9.17, 15) is 4.39 Å². The summed E-state index contributed by atoms with van der Waals surface area (Å²) in [6, 6.07) is 12.6. The number of aryl methyl sites for hydroxylation is 1. The normalized spacial score (nSPS) is 12.5. The highest BCUT2D eigenvalue weighted by Gasteiger charge is 2.12. The van der Waals surface area contributed by atoms with Gasteiger partial charge < -0.3 is 5.73 Å². The van der Waals surface area contributed by atoms with Crippen LogP contribution in [0.5, 0.6) is 0 Å². The van der Waals surface area contributed by atoms with E-state index in [4.69, 9.17) is 5.73 Å². The average molecular weight is 294 g/mol. The summed E-state index contributed by atoms with van der Waals surface area (Å²) in [6.07, 6.45) is 0. The second-order valence-corrected chi connectivity index (χ2v) is 4.86. The molecule has 2 rings (SSSR count). The first-order chi connectivity index (χ1) is 8.09. The summed E-state index contributed by atoms with van der Waals surface area (Å²) >= 11 is 3.13. The first kappa shape index (κ1) is 12.3. The zero-order valence-corrected chi connectivity index (χ0v) is 11.0. The largest absolute Gasteiger partial charge is 0.320 e. The van der Waals surface area contributed by atoms with Crippen molar-refractivity contribution in [3.8, 4) is 0 Å². The average Bonchev–Trinajstić information content (AvgIpc) is 2.32. The second kappa shape index (κ2) is 4.98. The van der Waals surface area contributed by atoms with Gasteiger partial charge >= 0.3 is 0 Å². The van der Waals surface area contributed by atoms with E-state index in [1.165, 1.54) is 6.07 Å². The van der Waals surface area contributed by atoms with E-state index in [-0.39, 0.29) is 11.9 Å². The van der Waals surface area contributed by atoms with Gasteiger partial charge in [0.2, 0.25) is 0 Å². The third kappa shape index (κ3) is 2.56. The predicted octanol–water partition coefficient (Wildman–Crippen LogP) is 3.94. The van der Waals surface area contributed by atoms with Gasteiger partial charge in [0.15, 0.2) is 0 Å². The molecule has 1 nitrogen and oxygen atoms in total. The topological polar surface area (TPSA) is 26.0 Å². The quantitative estimate of drug-likeness (QED) is 0.892. The first-order valence-electron chi connectivity index (χ1n) is 5.35. The molecule has 0 heterocycles. The summed E-state index contributed by atoms with van der Waals surface area (Å²) < 4.78 is 13.9. The molecule has 0 saturated carbocycles. The molecule has 3 heteroatoms. The SMILES string of the molecule is Cc1ccccc1C(N)c1ccc(Br)c(F)c1. The molecule has 0 saturated heterocycles. The van der Waals surface area contributed by atoms with Crippen LogP contribution >= 0.6 is 15.9 Å². The van der Waals surface area contributed by atoms with Crippen LogP contribution in [0.4, 0.5) is 4.39 Å². The molecule has 17 heavy (non-hydrogen) atoms. The number of halogens is 2. The van der Waals surface area contributed by atoms with Crippen LogP contribution in [0.1, 0.15) is 22.7 Å². The van der Waals surface area contributed by atoms with Crippen LogP contribution in [0.25, 0.3) is 0 Å². The summed E-state index contributed by atoms with van der Waals surface area (Å²) in [5.74, 6) is -0.286. The molecule has 1 unspecified atom stereocenters. The minimum atomic E-state index is -0.293. The molecule has 88 valence electrons. The highest BCUT2D eigenvalue weighted by molar-refractivity contribution is 9.10. The minimum absolute atomic E-state index is 0.286. The fraction of sp³-hybridized carbons (Fsp3) is 0.143. The van der Waals surface area contributed by atoms with Gasteiger partial charge in [-0.25, -0.2) is 4.39 Å². The van der Waals surface area contributed by atoms with Crippen molar-refractivity contribution in [2.45, 2.75) is 13.0 Å². The van der Waals surface area contributed by atoms with E-state index in [1.54, 1.807) is 6.07 Å². The minimum Gasteiger partial charge on any atom is -0.320 e. The number of hydrogen-bond acceptors (Lipinski definition) is 1. The van der Waals surface area contributed by atoms with Crippen LogP contribution in [0.2, 0.25) is 0 Å². The third-order valence-electron chi connectivity index (χ3n) is 2.83. The van der Waals surface area contributed by atoms with Crippen molar-refractivity contribution in [3.05, 3.63) is 69.4 Å². The summed E-state index contributed by atoms with van der Waals surface area (Å²) in [5.41, 5.74) is 9.07. The Hall–Kier alpha value is -1.19. The number of rotatable bonds is 2. The van der Waals surface area contributed by atoms with Gasteiger partial charge in [0.1, 0.15) is 5.82 Å². The molecule has 0 spiro atoms. The Morgan fingerprint density at radius 2 is 1.88 bits per heavy atom. The maximum atomic E-state index is 13.5. The van der Waals surface area contributed by atoms with Crippen molar-refractivity contribution < 1.29 is 4.39 Å². The van der Waals surface area contributed by atoms with Gasteiger partial charge in [0.25, 0.3) is 0 Å². The second-order valence-electron chi connectivity index (χ2n) is 4.01. The van der Waals surface area contributed by atoms with Crippen molar-refractivity contribution >= 4 is 15.9 Å². The van der Waals surface area contributed by atoms with Crippen LogP contribution in [0.3, 0.4) is 0 Å². The van der Waals surface area contributed by atoms with Crippen LogP contribution in [0, 0.1) is 12.7 Å². The van der Waals surface area contributed by atoms with Crippen LogP contribution in [-0.4, -0.2) is 0 Å². The van der Waals surface area contributed by atoms with Gasteiger partial charge in [-0.2, -0.15) is 0 Å². The zero-order chi connectivity index (χ0) is 12.4. The molecule has 0 radical (unpaired) electrons. The highest BCUT2D eigenvalue weighted by Crippen LogP contribution is 2.25. The van der Waals surface area contributed by atoms with Crippen LogP contribution in [-0.2, 0) is 0 Å².